The second kappa shape index (κ2) is 11.7. The fourth-order valence-electron chi connectivity index (χ4n) is 4.23. The van der Waals surface area contributed by atoms with Crippen LogP contribution in [0.2, 0.25) is 0 Å². The quantitative estimate of drug-likeness (QED) is 0.465. The number of carbonyl (C=O) groups is 3. The van der Waals surface area contributed by atoms with Crippen molar-refractivity contribution in [3.8, 4) is 11.1 Å². The van der Waals surface area contributed by atoms with Crippen LogP contribution in [-0.2, 0) is 19.1 Å². The Labute approximate surface area is 199 Å². The molecule has 34 heavy (non-hydrogen) atoms. The zero-order valence-corrected chi connectivity index (χ0v) is 19.7. The summed E-state index contributed by atoms with van der Waals surface area (Å²) in [7, 11) is 1.56. The summed E-state index contributed by atoms with van der Waals surface area (Å²) in [6.07, 6.45) is -1.28. The Kier molecular flexibility index (Phi) is 8.65. The van der Waals surface area contributed by atoms with Gasteiger partial charge in [0.15, 0.2) is 0 Å². The summed E-state index contributed by atoms with van der Waals surface area (Å²) in [6.45, 7) is 4.30. The molecule has 0 saturated carbocycles. The van der Waals surface area contributed by atoms with Gasteiger partial charge in [-0.2, -0.15) is 0 Å². The number of hydrogen-bond donors (Lipinski definition) is 3. The third-order valence-electron chi connectivity index (χ3n) is 6.12. The maximum Gasteiger partial charge on any atom is 0.407 e. The van der Waals surface area contributed by atoms with Crippen LogP contribution >= 0.6 is 0 Å². The molecule has 0 aromatic heterocycles. The van der Waals surface area contributed by atoms with Gasteiger partial charge in [0.05, 0.1) is 6.10 Å². The van der Waals surface area contributed by atoms with Crippen LogP contribution in [0.15, 0.2) is 48.5 Å². The van der Waals surface area contributed by atoms with E-state index in [0.717, 1.165) is 22.3 Å². The van der Waals surface area contributed by atoms with Crippen molar-refractivity contribution in [2.24, 2.45) is 5.92 Å². The molecule has 8 heteroatoms. The Balaban J connectivity index is 1.63. The lowest BCUT2D eigenvalue weighted by molar-refractivity contribution is -0.137. The molecule has 0 aliphatic heterocycles. The van der Waals surface area contributed by atoms with Crippen LogP contribution in [0.3, 0.4) is 0 Å². The monoisotopic (exact) mass is 468 g/mol. The normalized spacial score (nSPS) is 14.1. The molecule has 3 rings (SSSR count). The molecule has 1 aliphatic rings. The molecule has 0 heterocycles. The summed E-state index contributed by atoms with van der Waals surface area (Å²) in [5, 5.41) is 14.3. The number of aliphatic carboxylic acids is 1. The lowest BCUT2D eigenvalue weighted by atomic mass is 9.98. The summed E-state index contributed by atoms with van der Waals surface area (Å²) in [5.74, 6) is -1.46. The second-order valence-corrected chi connectivity index (χ2v) is 8.72. The number of benzene rings is 2. The molecule has 2 aromatic carbocycles. The highest BCUT2D eigenvalue weighted by molar-refractivity contribution is 5.86. The number of nitrogens with one attached hydrogen (secondary N) is 2. The lowest BCUT2D eigenvalue weighted by Crippen LogP contribution is -2.49. The third-order valence-corrected chi connectivity index (χ3v) is 6.12. The van der Waals surface area contributed by atoms with Gasteiger partial charge >= 0.3 is 12.1 Å². The predicted octanol–water partition coefficient (Wildman–Crippen LogP) is 3.55. The molecule has 2 unspecified atom stereocenters. The number of carboxylic acids is 1. The minimum Gasteiger partial charge on any atom is -0.481 e. The zero-order chi connectivity index (χ0) is 24.7. The fourth-order valence-corrected chi connectivity index (χ4v) is 4.23. The van der Waals surface area contributed by atoms with Gasteiger partial charge in [-0.3, -0.25) is 9.59 Å². The second-order valence-electron chi connectivity index (χ2n) is 8.72. The average Bonchev–Trinajstić information content (AvgIpc) is 3.14. The molecule has 0 fully saturated rings. The number of rotatable bonds is 11. The highest BCUT2D eigenvalue weighted by Gasteiger charge is 2.30. The summed E-state index contributed by atoms with van der Waals surface area (Å²) in [4.78, 5) is 36.3. The van der Waals surface area contributed by atoms with Crippen LogP contribution in [0, 0.1) is 5.92 Å². The molecule has 1 aliphatic carbocycles. The minimum atomic E-state index is -1.05. The number of amides is 2. The van der Waals surface area contributed by atoms with Gasteiger partial charge in [0.2, 0.25) is 5.91 Å². The van der Waals surface area contributed by atoms with Crippen molar-refractivity contribution < 1.29 is 29.0 Å². The first-order valence-corrected chi connectivity index (χ1v) is 11.5. The van der Waals surface area contributed by atoms with Crippen molar-refractivity contribution in [2.45, 2.75) is 44.8 Å². The molecular formula is C26H32N2O6. The van der Waals surface area contributed by atoms with Gasteiger partial charge in [-0.25, -0.2) is 4.79 Å². The average molecular weight is 469 g/mol. The molecular weight excluding hydrogens is 436 g/mol. The molecule has 2 atom stereocenters. The first-order valence-electron chi connectivity index (χ1n) is 11.5. The first kappa shape index (κ1) is 25.2. The third kappa shape index (κ3) is 6.14. The predicted molar refractivity (Wildman–Crippen MR) is 128 cm³/mol. The van der Waals surface area contributed by atoms with E-state index in [0.29, 0.717) is 0 Å². The van der Waals surface area contributed by atoms with E-state index in [9.17, 15) is 14.4 Å². The molecule has 8 nitrogen and oxygen atoms in total. The van der Waals surface area contributed by atoms with Crippen LogP contribution in [0.4, 0.5) is 4.79 Å². The summed E-state index contributed by atoms with van der Waals surface area (Å²) in [5.41, 5.74) is 4.39. The molecule has 0 saturated heterocycles. The van der Waals surface area contributed by atoms with Crippen molar-refractivity contribution in [1.82, 2.24) is 10.6 Å². The first-order chi connectivity index (χ1) is 16.3. The molecule has 3 N–H and O–H groups in total. The molecule has 0 radical (unpaired) electrons. The van der Waals surface area contributed by atoms with E-state index >= 15 is 0 Å². The van der Waals surface area contributed by atoms with E-state index in [1.165, 1.54) is 0 Å². The van der Waals surface area contributed by atoms with Crippen molar-refractivity contribution >= 4 is 18.0 Å². The highest BCUT2D eigenvalue weighted by Crippen LogP contribution is 2.44. The van der Waals surface area contributed by atoms with Crippen LogP contribution in [-0.4, -0.2) is 55.5 Å². The van der Waals surface area contributed by atoms with Crippen LogP contribution < -0.4 is 10.6 Å². The number of carbonyl (C=O) groups excluding carboxylic acids is 2. The van der Waals surface area contributed by atoms with Gasteiger partial charge in [0.25, 0.3) is 0 Å². The number of ether oxygens (including phenoxy) is 2. The molecule has 0 bridgehead atoms. The minimum absolute atomic E-state index is 0.0509. The molecule has 2 aromatic rings. The van der Waals surface area contributed by atoms with Crippen LogP contribution in [0.25, 0.3) is 11.1 Å². The van der Waals surface area contributed by atoms with Crippen molar-refractivity contribution in [1.29, 1.82) is 0 Å². The largest absolute Gasteiger partial charge is 0.481 e. The SMILES string of the molecule is COC(CNC(=O)C(CCC(=O)O)NC(=O)OCC1c2ccccc2-c2ccccc21)C(C)C. The smallest absolute Gasteiger partial charge is 0.407 e. The van der Waals surface area contributed by atoms with Gasteiger partial charge in [-0.05, 0) is 34.6 Å². The number of alkyl carbamates (subject to hydrolysis) is 1. The van der Waals surface area contributed by atoms with E-state index in [1.54, 1.807) is 7.11 Å². The van der Waals surface area contributed by atoms with Crippen molar-refractivity contribution in [3.63, 3.8) is 0 Å². The lowest BCUT2D eigenvalue weighted by Gasteiger charge is -2.23. The fraction of sp³-hybridized carbons (Fsp3) is 0.423. The molecule has 182 valence electrons. The molecule has 0 spiro atoms. The standard InChI is InChI=1S/C26H32N2O6/c1-16(2)23(33-3)14-27-25(31)22(12-13-24(29)30)28-26(32)34-15-21-19-10-6-4-8-17(19)18-9-5-7-11-20(18)21/h4-11,16,21-23H,12-15H2,1-3H3,(H,27,31)(H,28,32)(H,29,30). The van der Waals surface area contributed by atoms with E-state index < -0.39 is 24.0 Å². The van der Waals surface area contributed by atoms with Crippen LogP contribution in [0.5, 0.6) is 0 Å². The Bertz CT molecular complexity index is 976. The summed E-state index contributed by atoms with van der Waals surface area (Å²) >= 11 is 0. The Morgan fingerprint density at radius 1 is 1.00 bits per heavy atom. The van der Waals surface area contributed by atoms with E-state index in [1.807, 2.05) is 62.4 Å². The van der Waals surface area contributed by atoms with Crippen LogP contribution in [0.1, 0.15) is 43.7 Å². The van der Waals surface area contributed by atoms with E-state index in [2.05, 4.69) is 10.6 Å². The topological polar surface area (TPSA) is 114 Å². The molecule has 2 amide bonds. The number of carboxylic acid groups (broad SMARTS) is 1. The van der Waals surface area contributed by atoms with Gasteiger partial charge in [-0.15, -0.1) is 0 Å². The van der Waals surface area contributed by atoms with Gasteiger partial charge in [0.1, 0.15) is 12.6 Å². The van der Waals surface area contributed by atoms with Gasteiger partial charge < -0.3 is 25.2 Å². The van der Waals surface area contributed by atoms with E-state index in [4.69, 9.17) is 14.6 Å². The maximum absolute atomic E-state index is 12.7. The Hall–Kier alpha value is -3.39. The van der Waals surface area contributed by atoms with Gasteiger partial charge in [-0.1, -0.05) is 62.4 Å². The maximum atomic E-state index is 12.7. The highest BCUT2D eigenvalue weighted by atomic mass is 16.5. The van der Waals surface area contributed by atoms with E-state index in [-0.39, 0.29) is 43.9 Å². The van der Waals surface area contributed by atoms with Gasteiger partial charge in [0, 0.05) is 26.0 Å². The summed E-state index contributed by atoms with van der Waals surface area (Å²) < 4.78 is 10.9. The Morgan fingerprint density at radius 2 is 1.59 bits per heavy atom. The number of methoxy groups -OCH3 is 1. The number of fused-ring (bicyclic) bond motifs is 3. The Morgan fingerprint density at radius 3 is 2.12 bits per heavy atom. The summed E-state index contributed by atoms with van der Waals surface area (Å²) in [6, 6.07) is 15.0. The van der Waals surface area contributed by atoms with Crippen molar-refractivity contribution in [2.75, 3.05) is 20.3 Å². The number of hydrogen-bond acceptors (Lipinski definition) is 5. The zero-order valence-electron chi connectivity index (χ0n) is 19.7. The van der Waals surface area contributed by atoms with Crippen molar-refractivity contribution in [3.05, 3.63) is 59.7 Å².